The van der Waals surface area contributed by atoms with Gasteiger partial charge < -0.3 is 4.52 Å². The number of benzene rings is 1. The Hall–Kier alpha value is -1.32. The highest BCUT2D eigenvalue weighted by molar-refractivity contribution is 8.07. The Morgan fingerprint density at radius 3 is 2.12 bits per heavy atom. The molecule has 0 N–H and O–H groups in total. The second-order valence-electron chi connectivity index (χ2n) is 4.49. The Morgan fingerprint density at radius 2 is 1.75 bits per heavy atom. The summed E-state index contributed by atoms with van der Waals surface area (Å²) in [7, 11) is -3.56. The third-order valence-electron chi connectivity index (χ3n) is 2.47. The molecule has 0 aliphatic rings. The third kappa shape index (κ3) is 6.66. The largest absolute Gasteiger partial charge is 0.423 e. The summed E-state index contributed by atoms with van der Waals surface area (Å²) in [5.74, 6) is -0.0855. The second kappa shape index (κ2) is 8.68. The van der Waals surface area contributed by atoms with Gasteiger partial charge in [0.2, 0.25) is 0 Å². The van der Waals surface area contributed by atoms with E-state index in [1.165, 1.54) is 24.3 Å². The minimum atomic E-state index is -3.56. The normalized spacial score (nSPS) is 12.9. The van der Waals surface area contributed by atoms with Crippen molar-refractivity contribution in [2.24, 2.45) is 0 Å². The molecule has 0 amide bonds. The summed E-state index contributed by atoms with van der Waals surface area (Å²) in [4.78, 5) is 10.2. The van der Waals surface area contributed by atoms with Crippen molar-refractivity contribution in [3.63, 3.8) is 0 Å². The van der Waals surface area contributed by atoms with Crippen molar-refractivity contribution in [1.29, 1.82) is 0 Å². The van der Waals surface area contributed by atoms with Gasteiger partial charge in [0.25, 0.3) is 5.69 Å². The first kappa shape index (κ1) is 20.7. The van der Waals surface area contributed by atoms with Crippen LogP contribution in [-0.2, 0) is 35.2 Å². The van der Waals surface area contributed by atoms with Gasteiger partial charge in [-0.2, -0.15) is 0 Å². The first-order valence-corrected chi connectivity index (χ1v) is 11.4. The highest BCUT2D eigenvalue weighted by Gasteiger charge is 2.24. The number of nitro benzene ring substituents is 1. The monoisotopic (exact) mass is 395 g/mol. The zero-order chi connectivity index (χ0) is 18.4. The number of nitrogens with zero attached hydrogens (tertiary/aromatic N) is 1. The van der Waals surface area contributed by atoms with Gasteiger partial charge in [0, 0.05) is 35.8 Å². The highest BCUT2D eigenvalue weighted by Crippen LogP contribution is 2.53. The molecular weight excluding hydrogens is 377 g/mol. The van der Waals surface area contributed by atoms with Gasteiger partial charge in [0.1, 0.15) is 5.76 Å². The molecule has 0 saturated carbocycles. The minimum Gasteiger partial charge on any atom is -0.423 e. The maximum Gasteiger partial charge on any atom is 0.380 e. The van der Waals surface area contributed by atoms with Crippen LogP contribution in [0.4, 0.5) is 5.69 Å². The maximum absolute atomic E-state index is 11.6. The van der Waals surface area contributed by atoms with Crippen molar-refractivity contribution in [2.75, 3.05) is 19.5 Å². The van der Waals surface area contributed by atoms with Crippen LogP contribution in [0.15, 0.2) is 29.7 Å². The van der Waals surface area contributed by atoms with Gasteiger partial charge in [0.15, 0.2) is 9.84 Å². The molecule has 0 aliphatic heterocycles. The molecule has 0 atom stereocenters. The Bertz CT molecular complexity index is 749. The summed E-state index contributed by atoms with van der Waals surface area (Å²) in [6.45, 7) is 0.668. The highest BCUT2D eigenvalue weighted by atomic mass is 32.5. The van der Waals surface area contributed by atoms with Crippen molar-refractivity contribution in [3.05, 3.63) is 45.4 Å². The van der Waals surface area contributed by atoms with Crippen LogP contribution in [0, 0.1) is 10.1 Å². The molecule has 8 nitrogen and oxygen atoms in total. The van der Waals surface area contributed by atoms with Crippen molar-refractivity contribution in [1.82, 2.24) is 0 Å². The number of hydrogen-bond donors (Lipinski definition) is 0. The van der Waals surface area contributed by atoms with Crippen molar-refractivity contribution in [2.45, 2.75) is 13.8 Å². The molecule has 1 rings (SSSR count). The molecule has 0 radical (unpaired) electrons. The van der Waals surface area contributed by atoms with Crippen LogP contribution in [0.25, 0.3) is 5.76 Å². The van der Waals surface area contributed by atoms with E-state index >= 15 is 0 Å². The van der Waals surface area contributed by atoms with E-state index in [2.05, 4.69) is 0 Å². The van der Waals surface area contributed by atoms with Gasteiger partial charge in [-0.3, -0.25) is 19.2 Å². The van der Waals surface area contributed by atoms with E-state index in [4.69, 9.17) is 25.4 Å². The van der Waals surface area contributed by atoms with Crippen LogP contribution in [0.2, 0.25) is 0 Å². The molecule has 0 saturated heterocycles. The average Bonchev–Trinajstić information content (AvgIpc) is 2.45. The first-order valence-electron chi connectivity index (χ1n) is 6.85. The van der Waals surface area contributed by atoms with Gasteiger partial charge in [0.05, 0.1) is 23.5 Å². The topological polar surface area (TPSA) is 105 Å². The molecule has 0 unspecified atom stereocenters. The lowest BCUT2D eigenvalue weighted by Crippen LogP contribution is -2.02. The molecular formula is C13H18NO7PS2. The van der Waals surface area contributed by atoms with Crippen LogP contribution in [0.3, 0.4) is 0 Å². The predicted octanol–water partition coefficient (Wildman–Crippen LogP) is 3.25. The Morgan fingerprint density at radius 1 is 1.25 bits per heavy atom. The third-order valence-corrected chi connectivity index (χ3v) is 5.54. The molecule has 1 aromatic carbocycles. The lowest BCUT2D eigenvalue weighted by Gasteiger charge is -2.22. The van der Waals surface area contributed by atoms with Crippen molar-refractivity contribution >= 4 is 39.8 Å². The summed E-state index contributed by atoms with van der Waals surface area (Å²) in [5.41, 5.74) is 0.172. The van der Waals surface area contributed by atoms with Gasteiger partial charge in [-0.05, 0) is 26.0 Å². The lowest BCUT2D eigenvalue weighted by atomic mass is 10.2. The van der Waals surface area contributed by atoms with Gasteiger partial charge in [-0.25, -0.2) is 8.42 Å². The lowest BCUT2D eigenvalue weighted by molar-refractivity contribution is -0.384. The smallest absolute Gasteiger partial charge is 0.380 e. The summed E-state index contributed by atoms with van der Waals surface area (Å²) in [6, 6.07) is 5.21. The fraction of sp³-hybridized carbons (Fsp3) is 0.385. The SMILES string of the molecule is CCOP(=S)(OCC)O/C(=C\S(C)(=O)=O)c1ccc([N+](=O)[O-])cc1. The number of hydrogen-bond acceptors (Lipinski definition) is 8. The molecule has 0 fully saturated rings. The Balaban J connectivity index is 3.29. The summed E-state index contributed by atoms with van der Waals surface area (Å²) in [5, 5.41) is 11.6. The van der Waals surface area contributed by atoms with Crippen LogP contribution in [0.1, 0.15) is 19.4 Å². The molecule has 134 valence electrons. The summed E-state index contributed by atoms with van der Waals surface area (Å²) in [6.07, 6.45) is 0.993. The van der Waals surface area contributed by atoms with Crippen LogP contribution in [-0.4, -0.2) is 32.8 Å². The van der Waals surface area contributed by atoms with E-state index in [-0.39, 0.29) is 24.7 Å². The van der Waals surface area contributed by atoms with E-state index in [0.29, 0.717) is 5.56 Å². The van der Waals surface area contributed by atoms with Crippen LogP contribution < -0.4 is 0 Å². The fourth-order valence-corrected chi connectivity index (χ4v) is 4.34. The van der Waals surface area contributed by atoms with E-state index in [1.54, 1.807) is 13.8 Å². The number of rotatable bonds is 9. The molecule has 0 spiro atoms. The van der Waals surface area contributed by atoms with Gasteiger partial charge >= 0.3 is 6.72 Å². The molecule has 0 bridgehead atoms. The second-order valence-corrected chi connectivity index (χ2v) is 9.32. The van der Waals surface area contributed by atoms with Crippen molar-refractivity contribution < 1.29 is 26.9 Å². The Kier molecular flexibility index (Phi) is 7.50. The number of nitro groups is 1. The molecule has 0 heterocycles. The number of sulfone groups is 1. The standard InChI is InChI=1S/C13H18NO7PS2/c1-4-19-22(23,20-5-2)21-13(10-24(3,17)18)11-6-8-12(9-7-11)14(15)16/h6-10H,4-5H2,1-3H3/b13-10-. The first-order chi connectivity index (χ1) is 11.1. The maximum atomic E-state index is 11.6. The van der Waals surface area contributed by atoms with Gasteiger partial charge in [-0.15, -0.1) is 0 Å². The van der Waals surface area contributed by atoms with Crippen molar-refractivity contribution in [3.8, 4) is 0 Å². The predicted molar refractivity (Wildman–Crippen MR) is 94.5 cm³/mol. The fourth-order valence-electron chi connectivity index (χ4n) is 1.61. The molecule has 24 heavy (non-hydrogen) atoms. The van der Waals surface area contributed by atoms with Crippen LogP contribution in [0.5, 0.6) is 0 Å². The molecule has 0 aliphatic carbocycles. The molecule has 0 aromatic heterocycles. The zero-order valence-electron chi connectivity index (χ0n) is 13.4. The zero-order valence-corrected chi connectivity index (χ0v) is 15.9. The number of non-ortho nitro benzene ring substituents is 1. The summed E-state index contributed by atoms with van der Waals surface area (Å²) >= 11 is 5.23. The van der Waals surface area contributed by atoms with E-state index < -0.39 is 21.5 Å². The van der Waals surface area contributed by atoms with E-state index in [1.807, 2.05) is 0 Å². The average molecular weight is 395 g/mol. The Labute approximate surface area is 145 Å². The minimum absolute atomic E-state index is 0.0855. The molecule has 11 heteroatoms. The quantitative estimate of drug-likeness (QED) is 0.272. The van der Waals surface area contributed by atoms with E-state index in [9.17, 15) is 18.5 Å². The van der Waals surface area contributed by atoms with Crippen LogP contribution >= 0.6 is 6.72 Å². The summed E-state index contributed by atoms with van der Waals surface area (Å²) < 4.78 is 39.5. The van der Waals surface area contributed by atoms with Gasteiger partial charge in [-0.1, -0.05) is 0 Å². The molecule has 1 aromatic rings. The van der Waals surface area contributed by atoms with E-state index in [0.717, 1.165) is 11.7 Å².